The van der Waals surface area contributed by atoms with Crippen LogP contribution in [0, 0.1) is 0 Å². The summed E-state index contributed by atoms with van der Waals surface area (Å²) in [7, 11) is 0. The van der Waals surface area contributed by atoms with Gasteiger partial charge in [0, 0.05) is 15.0 Å². The fourth-order valence-corrected chi connectivity index (χ4v) is 2.75. The Morgan fingerprint density at radius 2 is 2.07 bits per heavy atom. The van der Waals surface area contributed by atoms with Crippen LogP contribution in [-0.4, -0.2) is 0 Å². The maximum absolute atomic E-state index is 3.87. The van der Waals surface area contributed by atoms with Crippen LogP contribution in [-0.2, 0) is 0 Å². The van der Waals surface area contributed by atoms with Crippen LogP contribution < -0.4 is 0 Å². The van der Waals surface area contributed by atoms with E-state index in [4.69, 9.17) is 0 Å². The van der Waals surface area contributed by atoms with Gasteiger partial charge in [0.25, 0.3) is 0 Å². The minimum atomic E-state index is 1.25. The van der Waals surface area contributed by atoms with E-state index < -0.39 is 0 Å². The molecule has 0 atom stereocenters. The first kappa shape index (κ1) is 9.22. The number of allylic oxidation sites excluding steroid dienone is 1. The molecule has 70 valence electrons. The summed E-state index contributed by atoms with van der Waals surface area (Å²) in [6.07, 6.45) is 6.15. The molecule has 0 aliphatic rings. The largest absolute Gasteiger partial charge is 0.135 e. The molecular weight excluding hydrogens is 188 g/mol. The van der Waals surface area contributed by atoms with Crippen molar-refractivity contribution in [3.8, 4) is 0 Å². The maximum Gasteiger partial charge on any atom is 0.0355 e. The van der Waals surface area contributed by atoms with Crippen LogP contribution in [0.5, 0.6) is 0 Å². The lowest BCUT2D eigenvalue weighted by atomic mass is 10.1. The van der Waals surface area contributed by atoms with Crippen molar-refractivity contribution >= 4 is 33.6 Å². The second-order valence-electron chi connectivity index (χ2n) is 3.08. The number of hydrogen-bond acceptors (Lipinski definition) is 1. The topological polar surface area (TPSA) is 0 Å². The van der Waals surface area contributed by atoms with Crippen molar-refractivity contribution in [3.63, 3.8) is 0 Å². The summed E-state index contributed by atoms with van der Waals surface area (Å²) in [5, 5.41) is 1.31. The van der Waals surface area contributed by atoms with E-state index >= 15 is 0 Å². The number of hydrogen-bond donors (Lipinski definition) is 0. The van der Waals surface area contributed by atoms with Gasteiger partial charge in [0.2, 0.25) is 0 Å². The maximum atomic E-state index is 3.87. The minimum absolute atomic E-state index is 1.25. The van der Waals surface area contributed by atoms with Gasteiger partial charge in [0.1, 0.15) is 0 Å². The van der Waals surface area contributed by atoms with Gasteiger partial charge in [0.05, 0.1) is 0 Å². The SMILES string of the molecule is C=Cc1c(C=CC)sc2ccccc12. The van der Waals surface area contributed by atoms with Crippen LogP contribution in [0.4, 0.5) is 0 Å². The third-order valence-corrected chi connectivity index (χ3v) is 3.34. The molecule has 1 aromatic heterocycles. The normalized spacial score (nSPS) is 11.2. The van der Waals surface area contributed by atoms with Gasteiger partial charge >= 0.3 is 0 Å². The fraction of sp³-hybridized carbons (Fsp3) is 0.0769. The lowest BCUT2D eigenvalue weighted by Gasteiger charge is -1.91. The van der Waals surface area contributed by atoms with Crippen molar-refractivity contribution in [2.75, 3.05) is 0 Å². The Hall–Kier alpha value is -1.34. The fourth-order valence-electron chi connectivity index (χ4n) is 1.57. The van der Waals surface area contributed by atoms with Crippen molar-refractivity contribution in [3.05, 3.63) is 47.4 Å². The number of benzene rings is 1. The summed E-state index contributed by atoms with van der Waals surface area (Å²) in [5.74, 6) is 0. The summed E-state index contributed by atoms with van der Waals surface area (Å²) in [6.45, 7) is 5.91. The van der Waals surface area contributed by atoms with Crippen LogP contribution in [0.15, 0.2) is 36.9 Å². The van der Waals surface area contributed by atoms with Crippen LogP contribution in [0.1, 0.15) is 17.4 Å². The summed E-state index contributed by atoms with van der Waals surface area (Å²) >= 11 is 1.81. The molecule has 0 spiro atoms. The smallest absolute Gasteiger partial charge is 0.0355 e. The zero-order valence-corrected chi connectivity index (χ0v) is 8.97. The number of thiophene rings is 1. The van der Waals surface area contributed by atoms with Crippen LogP contribution in [0.25, 0.3) is 22.2 Å². The van der Waals surface area contributed by atoms with Crippen LogP contribution >= 0.6 is 11.3 Å². The molecule has 0 aliphatic carbocycles. The predicted molar refractivity (Wildman–Crippen MR) is 66.6 cm³/mol. The summed E-state index contributed by atoms with van der Waals surface area (Å²) < 4.78 is 1.33. The molecule has 1 aromatic carbocycles. The van der Waals surface area contributed by atoms with Crippen LogP contribution in [0.3, 0.4) is 0 Å². The predicted octanol–water partition coefficient (Wildman–Crippen LogP) is 4.58. The van der Waals surface area contributed by atoms with E-state index in [-0.39, 0.29) is 0 Å². The molecular formula is C13H12S. The highest BCUT2D eigenvalue weighted by Crippen LogP contribution is 2.32. The third kappa shape index (κ3) is 1.40. The summed E-state index contributed by atoms with van der Waals surface area (Å²) in [4.78, 5) is 1.30. The van der Waals surface area contributed by atoms with Crippen molar-refractivity contribution in [1.29, 1.82) is 0 Å². The van der Waals surface area contributed by atoms with Crippen molar-refractivity contribution in [1.82, 2.24) is 0 Å². The molecule has 0 aliphatic heterocycles. The lowest BCUT2D eigenvalue weighted by Crippen LogP contribution is -1.70. The summed E-state index contributed by atoms with van der Waals surface area (Å²) in [5.41, 5.74) is 1.25. The first-order valence-corrected chi connectivity index (χ1v) is 5.45. The molecule has 0 nitrogen and oxygen atoms in total. The molecule has 0 amide bonds. The van der Waals surface area contributed by atoms with E-state index in [1.165, 1.54) is 20.5 Å². The van der Waals surface area contributed by atoms with Gasteiger partial charge in [-0.1, -0.05) is 36.9 Å². The molecule has 1 heterocycles. The van der Waals surface area contributed by atoms with E-state index in [1.807, 2.05) is 24.3 Å². The third-order valence-electron chi connectivity index (χ3n) is 2.18. The Balaban J connectivity index is 2.78. The van der Waals surface area contributed by atoms with Gasteiger partial charge in [-0.25, -0.2) is 0 Å². The monoisotopic (exact) mass is 200 g/mol. The molecule has 0 radical (unpaired) electrons. The molecule has 0 bridgehead atoms. The molecule has 2 rings (SSSR count). The first-order valence-electron chi connectivity index (χ1n) is 4.63. The lowest BCUT2D eigenvalue weighted by molar-refractivity contribution is 1.77. The molecule has 0 unspecified atom stereocenters. The minimum Gasteiger partial charge on any atom is -0.135 e. The zero-order valence-electron chi connectivity index (χ0n) is 8.16. The highest BCUT2D eigenvalue weighted by Gasteiger charge is 2.05. The van der Waals surface area contributed by atoms with Crippen molar-refractivity contribution in [2.24, 2.45) is 0 Å². The first-order chi connectivity index (χ1) is 6.86. The van der Waals surface area contributed by atoms with Gasteiger partial charge in [-0.05, 0) is 24.6 Å². The number of rotatable bonds is 2. The molecule has 1 heteroatoms. The van der Waals surface area contributed by atoms with Gasteiger partial charge in [-0.15, -0.1) is 11.3 Å². The summed E-state index contributed by atoms with van der Waals surface area (Å²) in [6, 6.07) is 8.45. The van der Waals surface area contributed by atoms with Gasteiger partial charge in [-0.3, -0.25) is 0 Å². The Morgan fingerprint density at radius 3 is 2.79 bits per heavy atom. The molecule has 0 saturated heterocycles. The quantitative estimate of drug-likeness (QED) is 0.665. The zero-order chi connectivity index (χ0) is 9.97. The molecule has 0 N–H and O–H groups in total. The van der Waals surface area contributed by atoms with Gasteiger partial charge < -0.3 is 0 Å². The Kier molecular flexibility index (Phi) is 2.51. The molecule has 0 fully saturated rings. The van der Waals surface area contributed by atoms with Crippen LogP contribution in [0.2, 0.25) is 0 Å². The van der Waals surface area contributed by atoms with E-state index in [1.54, 1.807) is 0 Å². The number of fused-ring (bicyclic) bond motifs is 1. The van der Waals surface area contributed by atoms with Crippen molar-refractivity contribution < 1.29 is 0 Å². The van der Waals surface area contributed by atoms with Gasteiger partial charge in [0.15, 0.2) is 0 Å². The van der Waals surface area contributed by atoms with E-state index in [2.05, 4.69) is 43.0 Å². The Morgan fingerprint density at radius 1 is 1.29 bits per heavy atom. The van der Waals surface area contributed by atoms with Gasteiger partial charge in [-0.2, -0.15) is 0 Å². The highest BCUT2D eigenvalue weighted by molar-refractivity contribution is 7.20. The molecule has 0 saturated carbocycles. The Bertz CT molecular complexity index is 489. The van der Waals surface area contributed by atoms with E-state index in [9.17, 15) is 0 Å². The Labute approximate surface area is 88.2 Å². The highest BCUT2D eigenvalue weighted by atomic mass is 32.1. The molecule has 2 aromatic rings. The van der Waals surface area contributed by atoms with Crippen molar-refractivity contribution in [2.45, 2.75) is 6.92 Å². The standard InChI is InChI=1S/C13H12S/c1-3-7-12-10(4-2)11-8-5-6-9-13(11)14-12/h3-9H,2H2,1H3. The molecule has 14 heavy (non-hydrogen) atoms. The van der Waals surface area contributed by atoms with E-state index in [0.29, 0.717) is 0 Å². The second-order valence-corrected chi connectivity index (χ2v) is 4.16. The second kappa shape index (κ2) is 3.81. The average molecular weight is 200 g/mol. The average Bonchev–Trinajstić information content (AvgIpc) is 2.55. The van der Waals surface area contributed by atoms with E-state index in [0.717, 1.165) is 0 Å².